The molecule has 1 aliphatic heterocycles. The molecule has 0 unspecified atom stereocenters. The summed E-state index contributed by atoms with van der Waals surface area (Å²) >= 11 is 0. The van der Waals surface area contributed by atoms with Crippen molar-refractivity contribution in [2.24, 2.45) is 0 Å². The Balaban J connectivity index is 1.31. The van der Waals surface area contributed by atoms with Gasteiger partial charge in [-0.05, 0) is 35.7 Å². The van der Waals surface area contributed by atoms with Crippen LogP contribution >= 0.6 is 0 Å². The van der Waals surface area contributed by atoms with Crippen molar-refractivity contribution >= 4 is 28.6 Å². The number of carbonyl (C=O) groups is 3. The minimum Gasteiger partial charge on any atom is -0.483 e. The molecule has 158 valence electrons. The summed E-state index contributed by atoms with van der Waals surface area (Å²) in [5.41, 5.74) is 0.572. The molecule has 1 saturated heterocycles. The van der Waals surface area contributed by atoms with Gasteiger partial charge >= 0.3 is 5.97 Å². The number of fused-ring (bicyclic) bond motifs is 1. The van der Waals surface area contributed by atoms with Gasteiger partial charge in [0, 0.05) is 37.1 Å². The fraction of sp³-hybridized carbons (Fsp3) is 0.208. The maximum atomic E-state index is 12.6. The maximum Gasteiger partial charge on any atom is 0.335 e. The molecule has 3 aromatic carbocycles. The third kappa shape index (κ3) is 4.50. The molecule has 7 heteroatoms. The van der Waals surface area contributed by atoms with E-state index < -0.39 is 5.97 Å². The van der Waals surface area contributed by atoms with Gasteiger partial charge < -0.3 is 19.6 Å². The minimum atomic E-state index is -1.03. The van der Waals surface area contributed by atoms with E-state index in [1.54, 1.807) is 9.80 Å². The highest BCUT2D eigenvalue weighted by Gasteiger charge is 2.25. The first-order chi connectivity index (χ1) is 15.0. The molecule has 1 aliphatic rings. The molecule has 0 aromatic heterocycles. The number of aromatic carboxylic acids is 1. The molecule has 0 saturated carbocycles. The van der Waals surface area contributed by atoms with Crippen LogP contribution in [0.2, 0.25) is 0 Å². The molecule has 1 N–H and O–H groups in total. The molecular weight excluding hydrogens is 396 g/mol. The van der Waals surface area contributed by atoms with E-state index in [9.17, 15) is 14.4 Å². The van der Waals surface area contributed by atoms with Crippen LogP contribution in [0.15, 0.2) is 66.7 Å². The van der Waals surface area contributed by atoms with Gasteiger partial charge in [-0.3, -0.25) is 9.59 Å². The smallest absolute Gasteiger partial charge is 0.335 e. The predicted molar refractivity (Wildman–Crippen MR) is 115 cm³/mol. The Bertz CT molecular complexity index is 1110. The van der Waals surface area contributed by atoms with Crippen LogP contribution in [0.3, 0.4) is 0 Å². The Hall–Kier alpha value is -3.87. The van der Waals surface area contributed by atoms with E-state index in [4.69, 9.17) is 9.84 Å². The molecule has 7 nitrogen and oxygen atoms in total. The molecule has 0 aliphatic carbocycles. The number of hydrogen-bond donors (Lipinski definition) is 1. The Labute approximate surface area is 179 Å². The lowest BCUT2D eigenvalue weighted by molar-refractivity contribution is -0.134. The Morgan fingerprint density at radius 3 is 2.10 bits per heavy atom. The molecule has 4 rings (SSSR count). The first kappa shape index (κ1) is 20.4. The van der Waals surface area contributed by atoms with Crippen molar-refractivity contribution in [3.05, 3.63) is 77.9 Å². The molecule has 1 heterocycles. The van der Waals surface area contributed by atoms with Crippen LogP contribution in [0, 0.1) is 0 Å². The fourth-order valence-electron chi connectivity index (χ4n) is 3.65. The molecule has 3 aromatic rings. The number of piperazine rings is 1. The van der Waals surface area contributed by atoms with E-state index in [2.05, 4.69) is 0 Å². The fourth-order valence-corrected chi connectivity index (χ4v) is 3.65. The third-order valence-corrected chi connectivity index (χ3v) is 5.40. The highest BCUT2D eigenvalue weighted by molar-refractivity contribution is 5.96. The van der Waals surface area contributed by atoms with Crippen LogP contribution in [-0.2, 0) is 4.79 Å². The van der Waals surface area contributed by atoms with Crippen molar-refractivity contribution < 1.29 is 24.2 Å². The van der Waals surface area contributed by atoms with E-state index >= 15 is 0 Å². The summed E-state index contributed by atoms with van der Waals surface area (Å²) in [4.78, 5) is 39.6. The second-order valence-corrected chi connectivity index (χ2v) is 7.32. The number of carbonyl (C=O) groups excluding carboxylic acids is 2. The standard InChI is InChI=1S/C24H22N2O5/c27-22(16-31-21-7-3-5-17-4-1-2-6-20(17)21)25-12-14-26(15-13-25)23(28)18-8-10-19(11-9-18)24(29)30/h1-11H,12-16H2,(H,29,30). The number of carboxylic acids is 1. The SMILES string of the molecule is O=C(O)c1ccc(C(=O)N2CCN(C(=O)COc3cccc4ccccc34)CC2)cc1. The van der Waals surface area contributed by atoms with Crippen molar-refractivity contribution in [2.75, 3.05) is 32.8 Å². The van der Waals surface area contributed by atoms with Crippen molar-refractivity contribution in [2.45, 2.75) is 0 Å². The highest BCUT2D eigenvalue weighted by atomic mass is 16.5. The third-order valence-electron chi connectivity index (χ3n) is 5.40. The molecule has 31 heavy (non-hydrogen) atoms. The van der Waals surface area contributed by atoms with E-state index in [-0.39, 0.29) is 24.0 Å². The topological polar surface area (TPSA) is 87.2 Å². The highest BCUT2D eigenvalue weighted by Crippen LogP contribution is 2.25. The summed E-state index contributed by atoms with van der Waals surface area (Å²) in [5.74, 6) is -0.649. The van der Waals surface area contributed by atoms with Crippen molar-refractivity contribution in [3.63, 3.8) is 0 Å². The van der Waals surface area contributed by atoms with Gasteiger partial charge in [-0.2, -0.15) is 0 Å². The van der Waals surface area contributed by atoms with Crippen LogP contribution in [0.4, 0.5) is 0 Å². The summed E-state index contributed by atoms with van der Waals surface area (Å²) in [7, 11) is 0. The van der Waals surface area contributed by atoms with Gasteiger partial charge in [-0.25, -0.2) is 4.79 Å². The summed E-state index contributed by atoms with van der Waals surface area (Å²) < 4.78 is 5.79. The predicted octanol–water partition coefficient (Wildman–Crippen LogP) is 2.90. The van der Waals surface area contributed by atoms with Crippen LogP contribution < -0.4 is 4.74 Å². The van der Waals surface area contributed by atoms with Crippen LogP contribution in [-0.4, -0.2) is 65.5 Å². The van der Waals surface area contributed by atoms with Crippen LogP contribution in [0.25, 0.3) is 10.8 Å². The normalized spacial score (nSPS) is 13.8. The zero-order chi connectivity index (χ0) is 21.8. The first-order valence-corrected chi connectivity index (χ1v) is 10.0. The summed E-state index contributed by atoms with van der Waals surface area (Å²) in [5, 5.41) is 11.0. The van der Waals surface area contributed by atoms with Gasteiger partial charge in [0.25, 0.3) is 11.8 Å². The van der Waals surface area contributed by atoms with Crippen LogP contribution in [0.1, 0.15) is 20.7 Å². The van der Waals surface area contributed by atoms with Crippen molar-refractivity contribution in [3.8, 4) is 5.75 Å². The van der Waals surface area contributed by atoms with Gasteiger partial charge in [-0.15, -0.1) is 0 Å². The number of ether oxygens (including phenoxy) is 1. The number of rotatable bonds is 5. The lowest BCUT2D eigenvalue weighted by Gasteiger charge is -2.34. The quantitative estimate of drug-likeness (QED) is 0.689. The lowest BCUT2D eigenvalue weighted by Crippen LogP contribution is -2.51. The van der Waals surface area contributed by atoms with E-state index in [1.165, 1.54) is 24.3 Å². The van der Waals surface area contributed by atoms with E-state index in [0.29, 0.717) is 37.5 Å². The van der Waals surface area contributed by atoms with Gasteiger partial charge in [0.2, 0.25) is 0 Å². The Kier molecular flexibility index (Phi) is 5.84. The number of nitrogens with zero attached hydrogens (tertiary/aromatic N) is 2. The van der Waals surface area contributed by atoms with Gasteiger partial charge in [-0.1, -0.05) is 36.4 Å². The first-order valence-electron chi connectivity index (χ1n) is 10.0. The Morgan fingerprint density at radius 1 is 0.774 bits per heavy atom. The Morgan fingerprint density at radius 2 is 1.39 bits per heavy atom. The molecule has 0 spiro atoms. The van der Waals surface area contributed by atoms with Crippen molar-refractivity contribution in [1.29, 1.82) is 0 Å². The summed E-state index contributed by atoms with van der Waals surface area (Å²) in [6.07, 6.45) is 0. The molecule has 0 radical (unpaired) electrons. The lowest BCUT2D eigenvalue weighted by atomic mass is 10.1. The number of amides is 2. The number of carboxylic acid groups (broad SMARTS) is 1. The minimum absolute atomic E-state index is 0.0569. The average Bonchev–Trinajstić information content (AvgIpc) is 2.82. The average molecular weight is 418 g/mol. The second kappa shape index (κ2) is 8.87. The molecule has 0 bridgehead atoms. The largest absolute Gasteiger partial charge is 0.483 e. The van der Waals surface area contributed by atoms with Crippen LogP contribution in [0.5, 0.6) is 5.75 Å². The molecule has 1 fully saturated rings. The zero-order valence-corrected chi connectivity index (χ0v) is 16.9. The van der Waals surface area contributed by atoms with Gasteiger partial charge in [0.1, 0.15) is 5.75 Å². The molecule has 2 amide bonds. The zero-order valence-electron chi connectivity index (χ0n) is 16.9. The van der Waals surface area contributed by atoms with Crippen molar-refractivity contribution in [1.82, 2.24) is 9.80 Å². The number of benzene rings is 3. The monoisotopic (exact) mass is 418 g/mol. The maximum absolute atomic E-state index is 12.6. The molecular formula is C24H22N2O5. The van der Waals surface area contributed by atoms with Gasteiger partial charge in [0.15, 0.2) is 6.61 Å². The molecule has 0 atom stereocenters. The van der Waals surface area contributed by atoms with Gasteiger partial charge in [0.05, 0.1) is 5.56 Å². The second-order valence-electron chi connectivity index (χ2n) is 7.32. The summed E-state index contributed by atoms with van der Waals surface area (Å²) in [6.45, 7) is 1.63. The van der Waals surface area contributed by atoms with E-state index in [0.717, 1.165) is 10.8 Å². The summed E-state index contributed by atoms with van der Waals surface area (Å²) in [6, 6.07) is 19.5. The number of hydrogen-bond acceptors (Lipinski definition) is 4. The van der Waals surface area contributed by atoms with E-state index in [1.807, 2.05) is 42.5 Å².